The summed E-state index contributed by atoms with van der Waals surface area (Å²) in [6.45, 7) is 8.10. The standard InChI is InChI=1S/C21H27ClN4O2/c1-5-25(6-2)12-7-13-26-14-17-18(20(27)24(4)21(28)23(17)3)19(26)15-8-10-16(22)11-9-15/h8-11,14H,5-7,12-13H2,1-4H3. The first-order valence-corrected chi connectivity index (χ1v) is 10.0. The van der Waals surface area contributed by atoms with Gasteiger partial charge in [-0.25, -0.2) is 4.79 Å². The lowest BCUT2D eigenvalue weighted by molar-refractivity contribution is 0.293. The molecule has 0 radical (unpaired) electrons. The van der Waals surface area contributed by atoms with Crippen LogP contribution in [0.4, 0.5) is 0 Å². The van der Waals surface area contributed by atoms with Gasteiger partial charge in [0.2, 0.25) is 0 Å². The Hall–Kier alpha value is -2.31. The first-order valence-electron chi connectivity index (χ1n) is 9.66. The number of nitrogens with zero attached hydrogens (tertiary/aromatic N) is 4. The number of aromatic nitrogens is 3. The molecule has 6 nitrogen and oxygen atoms in total. The summed E-state index contributed by atoms with van der Waals surface area (Å²) in [7, 11) is 3.23. The van der Waals surface area contributed by atoms with Gasteiger partial charge in [0.15, 0.2) is 0 Å². The predicted molar refractivity (Wildman–Crippen MR) is 115 cm³/mol. The summed E-state index contributed by atoms with van der Waals surface area (Å²) in [6.07, 6.45) is 2.88. The first-order chi connectivity index (χ1) is 13.4. The minimum absolute atomic E-state index is 0.273. The molecule has 150 valence electrons. The van der Waals surface area contributed by atoms with Crippen LogP contribution in [0.1, 0.15) is 20.3 Å². The molecule has 0 unspecified atom stereocenters. The number of aryl methyl sites for hydroxylation is 2. The molecule has 1 aromatic carbocycles. The van der Waals surface area contributed by atoms with Crippen LogP contribution in [0.5, 0.6) is 0 Å². The third kappa shape index (κ3) is 3.66. The van der Waals surface area contributed by atoms with Crippen molar-refractivity contribution in [3.05, 3.63) is 56.3 Å². The zero-order valence-corrected chi connectivity index (χ0v) is 17.7. The van der Waals surface area contributed by atoms with Crippen LogP contribution in [0.3, 0.4) is 0 Å². The highest BCUT2D eigenvalue weighted by Gasteiger charge is 2.19. The van der Waals surface area contributed by atoms with Gasteiger partial charge in [-0.15, -0.1) is 0 Å². The van der Waals surface area contributed by atoms with Crippen LogP contribution < -0.4 is 11.2 Å². The van der Waals surface area contributed by atoms with Gasteiger partial charge in [-0.05, 0) is 43.8 Å². The van der Waals surface area contributed by atoms with E-state index in [1.54, 1.807) is 7.05 Å². The highest BCUT2D eigenvalue weighted by molar-refractivity contribution is 6.30. The fraction of sp³-hybridized carbons (Fsp3) is 0.429. The second-order valence-corrected chi connectivity index (χ2v) is 7.46. The van der Waals surface area contributed by atoms with Crippen molar-refractivity contribution in [1.29, 1.82) is 0 Å². The fourth-order valence-electron chi connectivity index (χ4n) is 3.69. The van der Waals surface area contributed by atoms with Crippen molar-refractivity contribution < 1.29 is 0 Å². The van der Waals surface area contributed by atoms with Crippen LogP contribution in [0.2, 0.25) is 5.02 Å². The zero-order chi connectivity index (χ0) is 20.4. The van der Waals surface area contributed by atoms with Crippen LogP contribution in [-0.2, 0) is 20.6 Å². The van der Waals surface area contributed by atoms with Crippen molar-refractivity contribution in [1.82, 2.24) is 18.6 Å². The van der Waals surface area contributed by atoms with E-state index in [0.717, 1.165) is 43.9 Å². The first kappa shape index (κ1) is 20.4. The van der Waals surface area contributed by atoms with Crippen LogP contribution in [0.15, 0.2) is 40.1 Å². The Balaban J connectivity index is 2.16. The molecule has 0 saturated heterocycles. The van der Waals surface area contributed by atoms with Crippen molar-refractivity contribution in [3.8, 4) is 11.3 Å². The van der Waals surface area contributed by atoms with E-state index in [2.05, 4.69) is 23.3 Å². The van der Waals surface area contributed by atoms with Crippen LogP contribution in [-0.4, -0.2) is 38.2 Å². The molecule has 0 aliphatic rings. The minimum atomic E-state index is -0.319. The molecule has 0 amide bonds. The van der Waals surface area contributed by atoms with Crippen LogP contribution in [0, 0.1) is 0 Å². The van der Waals surface area contributed by atoms with Crippen molar-refractivity contribution in [3.63, 3.8) is 0 Å². The third-order valence-electron chi connectivity index (χ3n) is 5.40. The molecule has 0 aliphatic carbocycles. The smallest absolute Gasteiger partial charge is 0.330 e. The molecule has 0 aliphatic heterocycles. The number of hydrogen-bond donors (Lipinski definition) is 0. The second-order valence-electron chi connectivity index (χ2n) is 7.02. The second kappa shape index (κ2) is 8.37. The Bertz CT molecular complexity index is 1090. The number of halogens is 1. The van der Waals surface area contributed by atoms with Gasteiger partial charge in [0, 0.05) is 31.9 Å². The van der Waals surface area contributed by atoms with E-state index in [0.29, 0.717) is 15.9 Å². The maximum Gasteiger partial charge on any atom is 0.330 e. The molecule has 3 aromatic rings. The Morgan fingerprint density at radius 3 is 2.25 bits per heavy atom. The van der Waals surface area contributed by atoms with E-state index in [9.17, 15) is 9.59 Å². The van der Waals surface area contributed by atoms with Crippen molar-refractivity contribution in [2.24, 2.45) is 14.1 Å². The molecule has 0 spiro atoms. The van der Waals surface area contributed by atoms with Gasteiger partial charge in [-0.3, -0.25) is 13.9 Å². The summed E-state index contributed by atoms with van der Waals surface area (Å²) in [5, 5.41) is 1.21. The fourth-order valence-corrected chi connectivity index (χ4v) is 3.81. The lowest BCUT2D eigenvalue weighted by Gasteiger charge is -2.18. The van der Waals surface area contributed by atoms with E-state index in [4.69, 9.17) is 11.6 Å². The third-order valence-corrected chi connectivity index (χ3v) is 5.65. The summed E-state index contributed by atoms with van der Waals surface area (Å²) < 4.78 is 4.80. The van der Waals surface area contributed by atoms with E-state index in [1.165, 1.54) is 16.2 Å². The number of fused-ring (bicyclic) bond motifs is 1. The van der Waals surface area contributed by atoms with Gasteiger partial charge in [-0.2, -0.15) is 0 Å². The van der Waals surface area contributed by atoms with Crippen molar-refractivity contribution in [2.45, 2.75) is 26.8 Å². The van der Waals surface area contributed by atoms with Gasteiger partial charge < -0.3 is 9.47 Å². The summed E-state index contributed by atoms with van der Waals surface area (Å²) >= 11 is 6.06. The molecule has 28 heavy (non-hydrogen) atoms. The highest BCUT2D eigenvalue weighted by Crippen LogP contribution is 2.29. The maximum atomic E-state index is 13.0. The molecular weight excluding hydrogens is 376 g/mol. The maximum absolute atomic E-state index is 13.0. The highest BCUT2D eigenvalue weighted by atomic mass is 35.5. The summed E-state index contributed by atoms with van der Waals surface area (Å²) in [5.74, 6) is 0. The average molecular weight is 403 g/mol. The van der Waals surface area contributed by atoms with E-state index < -0.39 is 0 Å². The number of hydrogen-bond acceptors (Lipinski definition) is 3. The van der Waals surface area contributed by atoms with Gasteiger partial charge in [0.25, 0.3) is 5.56 Å². The molecule has 2 heterocycles. The molecule has 2 aromatic heterocycles. The van der Waals surface area contributed by atoms with E-state index in [-0.39, 0.29) is 11.2 Å². The van der Waals surface area contributed by atoms with Gasteiger partial charge >= 0.3 is 5.69 Å². The predicted octanol–water partition coefficient (Wildman–Crippen LogP) is 3.09. The van der Waals surface area contributed by atoms with E-state index in [1.807, 2.05) is 30.5 Å². The number of rotatable bonds is 7. The van der Waals surface area contributed by atoms with Gasteiger partial charge in [-0.1, -0.05) is 37.6 Å². The molecule has 7 heteroatoms. The quantitative estimate of drug-likeness (QED) is 0.610. The van der Waals surface area contributed by atoms with Crippen molar-refractivity contribution >= 4 is 22.5 Å². The summed E-state index contributed by atoms with van der Waals surface area (Å²) in [4.78, 5) is 27.7. The normalized spacial score (nSPS) is 11.6. The Kier molecular flexibility index (Phi) is 6.10. The molecule has 0 saturated carbocycles. The molecule has 0 bridgehead atoms. The lowest BCUT2D eigenvalue weighted by Crippen LogP contribution is -2.36. The van der Waals surface area contributed by atoms with Gasteiger partial charge in [0.1, 0.15) is 0 Å². The largest absolute Gasteiger partial charge is 0.345 e. The molecule has 0 atom stereocenters. The van der Waals surface area contributed by atoms with Crippen LogP contribution >= 0.6 is 11.6 Å². The SMILES string of the molecule is CCN(CC)CCCn1cc2c(c1-c1ccc(Cl)cc1)c(=O)n(C)c(=O)n2C. The topological polar surface area (TPSA) is 52.2 Å². The monoisotopic (exact) mass is 402 g/mol. The van der Waals surface area contributed by atoms with Crippen LogP contribution in [0.25, 0.3) is 22.2 Å². The summed E-state index contributed by atoms with van der Waals surface area (Å²) in [5.41, 5.74) is 1.81. The summed E-state index contributed by atoms with van der Waals surface area (Å²) in [6, 6.07) is 7.48. The minimum Gasteiger partial charge on any atom is -0.345 e. The Morgan fingerprint density at radius 1 is 1.00 bits per heavy atom. The Labute approximate surface area is 169 Å². The van der Waals surface area contributed by atoms with Gasteiger partial charge in [0.05, 0.1) is 16.6 Å². The molecule has 3 rings (SSSR count). The molecule has 0 N–H and O–H groups in total. The number of benzene rings is 1. The average Bonchev–Trinajstić information content (AvgIpc) is 3.08. The van der Waals surface area contributed by atoms with E-state index >= 15 is 0 Å². The lowest BCUT2D eigenvalue weighted by atomic mass is 10.1. The zero-order valence-electron chi connectivity index (χ0n) is 16.9. The Morgan fingerprint density at radius 2 is 1.64 bits per heavy atom. The van der Waals surface area contributed by atoms with Crippen molar-refractivity contribution in [2.75, 3.05) is 19.6 Å². The molecule has 0 fully saturated rings. The molecular formula is C21H27ClN4O2.